The van der Waals surface area contributed by atoms with Crippen LogP contribution >= 0.6 is 11.6 Å². The third-order valence-corrected chi connectivity index (χ3v) is 15.2. The predicted octanol–water partition coefficient (Wildman–Crippen LogP) is 6.97. The Balaban J connectivity index is 0.767. The number of phenolic OH excluding ortho intramolecular Hbond substituents is 2. The Morgan fingerprint density at radius 2 is 1.69 bits per heavy atom. The number of likely N-dealkylation sites (tertiary alicyclic amines) is 2. The average molecular weight is 1070 g/mol. The molecule has 10 rings (SSSR count). The molecule has 4 aliphatic heterocycles. The third-order valence-electron chi connectivity index (χ3n) is 14.9. The zero-order valence-corrected chi connectivity index (χ0v) is 43.0. The maximum absolute atomic E-state index is 13.8. The highest BCUT2D eigenvalue weighted by Crippen LogP contribution is 2.39. The molecule has 0 radical (unpaired) electrons. The van der Waals surface area contributed by atoms with Gasteiger partial charge in [-0.25, -0.2) is 0 Å². The predicted molar refractivity (Wildman–Crippen MR) is 281 cm³/mol. The fourth-order valence-electron chi connectivity index (χ4n) is 10.8. The maximum Gasteiger partial charge on any atom is 0.405 e. The molecule has 1 atom stereocenters. The number of carbonyl (C=O) groups is 3. The van der Waals surface area contributed by atoms with Crippen LogP contribution in [0.25, 0.3) is 27.8 Å². The first-order valence-electron chi connectivity index (χ1n) is 25.5. The van der Waals surface area contributed by atoms with E-state index in [0.29, 0.717) is 108 Å². The normalized spacial score (nSPS) is 17.4. The van der Waals surface area contributed by atoms with Crippen molar-refractivity contribution >= 4 is 51.6 Å². The van der Waals surface area contributed by atoms with Gasteiger partial charge in [-0.15, -0.1) is 10.2 Å². The van der Waals surface area contributed by atoms with E-state index in [1.54, 1.807) is 24.0 Å². The summed E-state index contributed by atoms with van der Waals surface area (Å²) in [4.78, 5) is 59.9. The highest BCUT2D eigenvalue weighted by Gasteiger charge is 2.38. The lowest BCUT2D eigenvalue weighted by Gasteiger charge is -2.43. The van der Waals surface area contributed by atoms with E-state index < -0.39 is 24.5 Å². The number of rotatable bonds is 14. The maximum atomic E-state index is 13.8. The fourth-order valence-corrected chi connectivity index (χ4v) is 11.1. The number of aromatic hydroxyl groups is 2. The van der Waals surface area contributed by atoms with Crippen LogP contribution in [-0.2, 0) is 29.1 Å². The van der Waals surface area contributed by atoms with Gasteiger partial charge in [-0.3, -0.25) is 23.9 Å². The minimum absolute atomic E-state index is 0.0180. The first-order chi connectivity index (χ1) is 37.0. The van der Waals surface area contributed by atoms with Crippen molar-refractivity contribution in [2.45, 2.75) is 57.9 Å². The molecule has 4 aromatic carbocycles. The van der Waals surface area contributed by atoms with Crippen LogP contribution in [0, 0.1) is 30.1 Å². The van der Waals surface area contributed by atoms with Gasteiger partial charge in [0.05, 0.1) is 48.0 Å². The molecule has 0 saturated carbocycles. The summed E-state index contributed by atoms with van der Waals surface area (Å²) in [6.07, 6.45) is -1.23. The molecule has 18 nitrogen and oxygen atoms in total. The lowest BCUT2D eigenvalue weighted by Crippen LogP contribution is -2.55. The van der Waals surface area contributed by atoms with Gasteiger partial charge in [0, 0.05) is 86.0 Å². The number of aryl methyl sites for hydroxylation is 1. The second kappa shape index (κ2) is 21.9. The van der Waals surface area contributed by atoms with E-state index in [2.05, 4.69) is 43.6 Å². The van der Waals surface area contributed by atoms with Crippen LogP contribution in [0.3, 0.4) is 0 Å². The van der Waals surface area contributed by atoms with Gasteiger partial charge < -0.3 is 39.9 Å². The number of nitriles is 1. The third kappa shape index (κ3) is 11.2. The molecule has 22 heteroatoms. The van der Waals surface area contributed by atoms with Gasteiger partial charge in [0.2, 0.25) is 17.6 Å². The SMILES string of the molecule is C=CC(=O)N1CCN(c2nc(OCC3CN(C(=O)C4CCN(Cc5ccc(-n6c(C(=O)NCC(F)(F)F)nnc6-c6cc(C)c(O)cc6O)cc5)CC4)C3)nc3c2CCN(c2cccc4cccc(Cl)c24)C3)C[C@@H]1CC#N. The molecular formula is C55H56ClF3N12O6. The molecular weight excluding hydrogens is 1020 g/mol. The minimum Gasteiger partial charge on any atom is -0.508 e. The molecule has 400 valence electrons. The van der Waals surface area contributed by atoms with Crippen LogP contribution in [0.2, 0.25) is 5.02 Å². The number of piperidine rings is 1. The van der Waals surface area contributed by atoms with Gasteiger partial charge >= 0.3 is 12.2 Å². The van der Waals surface area contributed by atoms with Crippen molar-refractivity contribution in [1.29, 1.82) is 5.26 Å². The van der Waals surface area contributed by atoms with Crippen LogP contribution in [0.4, 0.5) is 24.7 Å². The van der Waals surface area contributed by atoms with Gasteiger partial charge in [-0.1, -0.05) is 54.6 Å². The lowest BCUT2D eigenvalue weighted by atomic mass is 9.91. The second-order valence-electron chi connectivity index (χ2n) is 20.0. The van der Waals surface area contributed by atoms with Crippen LogP contribution in [0.5, 0.6) is 17.5 Å². The minimum atomic E-state index is -4.66. The summed E-state index contributed by atoms with van der Waals surface area (Å²) in [5.74, 6) is -1.54. The summed E-state index contributed by atoms with van der Waals surface area (Å²) in [6.45, 7) is 9.50. The summed E-state index contributed by atoms with van der Waals surface area (Å²) in [6, 6.07) is 23.7. The number of alkyl halides is 3. The molecule has 4 aliphatic rings. The van der Waals surface area contributed by atoms with Gasteiger partial charge in [0.15, 0.2) is 5.82 Å². The topological polar surface area (TPSA) is 209 Å². The second-order valence-corrected chi connectivity index (χ2v) is 20.4. The summed E-state index contributed by atoms with van der Waals surface area (Å²) in [5.41, 5.74) is 4.60. The van der Waals surface area contributed by atoms with Crippen LogP contribution in [0.15, 0.2) is 85.5 Å². The van der Waals surface area contributed by atoms with E-state index in [1.165, 1.54) is 16.7 Å². The van der Waals surface area contributed by atoms with Gasteiger partial charge in [0.1, 0.15) is 23.9 Å². The largest absolute Gasteiger partial charge is 0.508 e. The van der Waals surface area contributed by atoms with Gasteiger partial charge in [0.25, 0.3) is 5.91 Å². The summed E-state index contributed by atoms with van der Waals surface area (Å²) >= 11 is 6.78. The number of benzene rings is 4. The molecule has 0 aliphatic carbocycles. The van der Waals surface area contributed by atoms with Crippen molar-refractivity contribution < 1.29 is 42.5 Å². The molecule has 3 saturated heterocycles. The Kier molecular flexibility index (Phi) is 15.0. The molecule has 6 aromatic rings. The van der Waals surface area contributed by atoms with Crippen molar-refractivity contribution in [3.63, 3.8) is 0 Å². The number of amides is 3. The van der Waals surface area contributed by atoms with E-state index in [9.17, 15) is 43.0 Å². The monoisotopic (exact) mass is 1070 g/mol. The number of piperazine rings is 1. The van der Waals surface area contributed by atoms with E-state index in [-0.39, 0.29) is 65.0 Å². The van der Waals surface area contributed by atoms with Gasteiger partial charge in [-0.05, 0) is 92.2 Å². The zero-order valence-electron chi connectivity index (χ0n) is 42.2. The molecule has 6 heterocycles. The number of nitrogens with one attached hydrogen (secondary N) is 1. The summed E-state index contributed by atoms with van der Waals surface area (Å²) in [7, 11) is 0. The standard InChI is InChI=1S/C55H56ClF3N12O6/c1-3-47(74)70-23-22-68(29-39(70)14-18-60)49-40-17-21-67(44-9-5-7-36-6-4-8-42(56)48(36)44)30-43(40)62-54(63-49)77-31-35-27-69(28-35)53(76)37-15-19-66(20-16-37)26-34-10-12-38(13-11-34)71-50(41-24-33(2)45(72)25-46(41)73)64-65-51(71)52(75)61-32-55(57,58)59/h3-13,24-25,35,37,39,72-73H,1,14-17,19-23,26-32H2,2H3,(H,61,75)/t39-/m0/s1. The number of hydrogen-bond donors (Lipinski definition) is 3. The number of ether oxygens (including phenoxy) is 1. The van der Waals surface area contributed by atoms with E-state index in [0.717, 1.165) is 45.2 Å². The first-order valence-corrected chi connectivity index (χ1v) is 25.9. The quantitative estimate of drug-likeness (QED) is 0.0942. The summed E-state index contributed by atoms with van der Waals surface area (Å²) < 4.78 is 46.8. The number of fused-ring (bicyclic) bond motifs is 2. The number of hydrogen-bond acceptors (Lipinski definition) is 14. The Labute approximate surface area is 446 Å². The number of phenols is 2. The molecule has 3 fully saturated rings. The number of aromatic nitrogens is 5. The molecule has 0 unspecified atom stereocenters. The van der Waals surface area contributed by atoms with Crippen molar-refractivity contribution in [3.8, 4) is 40.7 Å². The van der Waals surface area contributed by atoms with E-state index >= 15 is 0 Å². The zero-order chi connectivity index (χ0) is 54.1. The van der Waals surface area contributed by atoms with Crippen LogP contribution in [-0.4, -0.2) is 145 Å². The average Bonchev–Trinajstić information content (AvgIpc) is 3.87. The smallest absolute Gasteiger partial charge is 0.405 e. The summed E-state index contributed by atoms with van der Waals surface area (Å²) in [5, 5.41) is 43.0. The van der Waals surface area contributed by atoms with E-state index in [1.807, 2.05) is 52.7 Å². The number of halogens is 4. The van der Waals surface area contributed by atoms with Crippen LogP contribution in [0.1, 0.15) is 52.3 Å². The van der Waals surface area contributed by atoms with Crippen molar-refractivity contribution in [2.24, 2.45) is 11.8 Å². The molecule has 3 amide bonds. The Morgan fingerprint density at radius 3 is 2.42 bits per heavy atom. The fraction of sp³-hybridized carbons (Fsp3) is 0.382. The van der Waals surface area contributed by atoms with Crippen molar-refractivity contribution in [2.75, 3.05) is 75.3 Å². The molecule has 77 heavy (non-hydrogen) atoms. The number of anilines is 2. The van der Waals surface area contributed by atoms with Crippen molar-refractivity contribution in [1.82, 2.24) is 44.7 Å². The molecule has 3 N–H and O–H groups in total. The highest BCUT2D eigenvalue weighted by molar-refractivity contribution is 6.36. The molecule has 0 bridgehead atoms. The Bertz CT molecular complexity index is 3280. The Morgan fingerprint density at radius 1 is 0.935 bits per heavy atom. The van der Waals surface area contributed by atoms with Crippen molar-refractivity contribution in [3.05, 3.63) is 119 Å². The highest BCUT2D eigenvalue weighted by atomic mass is 35.5. The Hall–Kier alpha value is -7.96. The lowest BCUT2D eigenvalue weighted by molar-refractivity contribution is -0.144. The number of nitrogens with zero attached hydrogens (tertiary/aromatic N) is 11. The van der Waals surface area contributed by atoms with E-state index in [4.69, 9.17) is 26.3 Å². The molecule has 2 aromatic heterocycles. The van der Waals surface area contributed by atoms with Gasteiger partial charge in [-0.2, -0.15) is 28.4 Å². The first kappa shape index (κ1) is 52.5. The number of carbonyl (C=O) groups excluding carboxylic acids is 3. The molecule has 0 spiro atoms. The van der Waals surface area contributed by atoms with Crippen LogP contribution < -0.4 is 19.9 Å².